The molecule has 3 N–H and O–H groups in total. The molecule has 0 spiro atoms. The molecule has 1 heterocycles. The van der Waals surface area contributed by atoms with Gasteiger partial charge >= 0.3 is 5.69 Å². The molecule has 1 aromatic rings. The summed E-state index contributed by atoms with van der Waals surface area (Å²) in [7, 11) is 1.62. The summed E-state index contributed by atoms with van der Waals surface area (Å²) in [5, 5.41) is 14.9. The Morgan fingerprint density at radius 3 is 2.53 bits per heavy atom. The number of nitrogens with zero attached hydrogens (tertiary/aromatic N) is 2. The van der Waals surface area contributed by atoms with Gasteiger partial charge in [-0.05, 0) is 13.8 Å². The van der Waals surface area contributed by atoms with Crippen LogP contribution in [0.3, 0.4) is 0 Å². The number of aliphatic hydroxyl groups is 1. The van der Waals surface area contributed by atoms with Gasteiger partial charge in [-0.1, -0.05) is 0 Å². The van der Waals surface area contributed by atoms with Crippen molar-refractivity contribution in [2.45, 2.75) is 19.4 Å². The first-order chi connectivity index (χ1) is 6.88. The lowest BCUT2D eigenvalue weighted by atomic mass is 10.1. The van der Waals surface area contributed by atoms with Crippen molar-refractivity contribution in [3.63, 3.8) is 0 Å². The van der Waals surface area contributed by atoms with Crippen LogP contribution in [0.2, 0.25) is 0 Å². The van der Waals surface area contributed by atoms with Crippen molar-refractivity contribution >= 4 is 5.82 Å². The highest BCUT2D eigenvalue weighted by molar-refractivity contribution is 5.36. The summed E-state index contributed by atoms with van der Waals surface area (Å²) in [6, 6.07) is 0. The van der Waals surface area contributed by atoms with Crippen molar-refractivity contribution in [2.75, 3.05) is 18.6 Å². The fraction of sp³-hybridized carbons (Fsp3) is 0.625. The molecule has 0 fully saturated rings. The fourth-order valence-corrected chi connectivity index (χ4v) is 0.962. The molecular weight excluding hydrogens is 200 g/mol. The van der Waals surface area contributed by atoms with Crippen molar-refractivity contribution in [2.24, 2.45) is 0 Å². The van der Waals surface area contributed by atoms with E-state index in [1.807, 2.05) is 0 Å². The molecule has 0 unspecified atom stereocenters. The maximum atomic E-state index is 11.4. The maximum Gasteiger partial charge on any atom is 0.342 e. The molecule has 0 radical (unpaired) electrons. The van der Waals surface area contributed by atoms with E-state index in [2.05, 4.69) is 15.2 Å². The van der Waals surface area contributed by atoms with Gasteiger partial charge in [-0.15, -0.1) is 5.10 Å². The molecule has 0 atom stereocenters. The monoisotopic (exact) mass is 214 g/mol. The minimum Gasteiger partial charge on any atom is -0.394 e. The summed E-state index contributed by atoms with van der Waals surface area (Å²) < 4.78 is 0. The van der Waals surface area contributed by atoms with Crippen molar-refractivity contribution < 1.29 is 5.11 Å². The number of H-pyrrole nitrogens is 2. The number of aliphatic hydroxyl groups excluding tert-OH is 1. The van der Waals surface area contributed by atoms with E-state index in [0.717, 1.165) is 0 Å². The van der Waals surface area contributed by atoms with Crippen LogP contribution in [-0.2, 0) is 0 Å². The van der Waals surface area contributed by atoms with E-state index < -0.39 is 16.8 Å². The maximum absolute atomic E-state index is 11.4. The van der Waals surface area contributed by atoms with E-state index >= 15 is 0 Å². The van der Waals surface area contributed by atoms with Gasteiger partial charge in [0.05, 0.1) is 12.1 Å². The molecule has 1 rings (SSSR count). The van der Waals surface area contributed by atoms with E-state index in [9.17, 15) is 9.59 Å². The third-order valence-electron chi connectivity index (χ3n) is 2.31. The molecule has 0 saturated carbocycles. The first-order valence-electron chi connectivity index (χ1n) is 4.42. The summed E-state index contributed by atoms with van der Waals surface area (Å²) in [6.45, 7) is 3.36. The molecule has 0 saturated heterocycles. The molecule has 0 aromatic carbocycles. The Morgan fingerprint density at radius 1 is 1.47 bits per heavy atom. The predicted molar refractivity (Wildman–Crippen MR) is 55.0 cm³/mol. The molecular formula is C8H14N4O3. The lowest BCUT2D eigenvalue weighted by Gasteiger charge is -2.33. The fourth-order valence-electron chi connectivity index (χ4n) is 0.962. The Bertz CT molecular complexity index is 448. The van der Waals surface area contributed by atoms with Crippen LogP contribution in [0, 0.1) is 0 Å². The highest BCUT2D eigenvalue weighted by Crippen LogP contribution is 2.14. The Hall–Kier alpha value is -1.63. The van der Waals surface area contributed by atoms with Gasteiger partial charge in [0.1, 0.15) is 0 Å². The Labute approximate surface area is 85.8 Å². The van der Waals surface area contributed by atoms with E-state index in [0.29, 0.717) is 0 Å². The van der Waals surface area contributed by atoms with Crippen molar-refractivity contribution in [1.29, 1.82) is 0 Å². The highest BCUT2D eigenvalue weighted by atomic mass is 16.3. The Balaban J connectivity index is 3.18. The SMILES string of the molecule is CN(c1n[nH]c(=O)[nH]c1=O)C(C)(C)CO. The van der Waals surface area contributed by atoms with Crippen LogP contribution in [0.25, 0.3) is 0 Å². The van der Waals surface area contributed by atoms with Crippen molar-refractivity contribution in [3.05, 3.63) is 20.8 Å². The topological polar surface area (TPSA) is 102 Å². The van der Waals surface area contributed by atoms with Gasteiger partial charge in [-0.2, -0.15) is 0 Å². The van der Waals surface area contributed by atoms with Crippen LogP contribution in [0.4, 0.5) is 5.82 Å². The molecule has 0 aliphatic carbocycles. The second-order valence-corrected chi connectivity index (χ2v) is 3.86. The molecule has 15 heavy (non-hydrogen) atoms. The summed E-state index contributed by atoms with van der Waals surface area (Å²) in [4.78, 5) is 25.7. The Kier molecular flexibility index (Phi) is 2.94. The van der Waals surface area contributed by atoms with Crippen LogP contribution in [-0.4, -0.2) is 39.5 Å². The lowest BCUT2D eigenvalue weighted by molar-refractivity contribution is 0.215. The van der Waals surface area contributed by atoms with Gasteiger partial charge in [-0.25, -0.2) is 9.89 Å². The predicted octanol–water partition coefficient (Wildman–Crippen LogP) is -1.33. The van der Waals surface area contributed by atoms with Gasteiger partial charge in [0.2, 0.25) is 5.82 Å². The summed E-state index contributed by atoms with van der Waals surface area (Å²) >= 11 is 0. The molecule has 0 aliphatic heterocycles. The number of likely N-dealkylation sites (N-methyl/N-ethyl adjacent to an activating group) is 1. The zero-order chi connectivity index (χ0) is 11.6. The Morgan fingerprint density at radius 2 is 2.07 bits per heavy atom. The highest BCUT2D eigenvalue weighted by Gasteiger charge is 2.25. The number of rotatable bonds is 3. The molecule has 0 amide bonds. The standard InChI is InChI=1S/C8H14N4O3/c1-8(2,4-13)12(3)5-6(14)9-7(15)11-10-5/h13H,4H2,1-3H3,(H2,9,11,14,15). The summed E-state index contributed by atoms with van der Waals surface area (Å²) in [5.74, 6) is 0.0636. The van der Waals surface area contributed by atoms with Crippen LogP contribution in [0.5, 0.6) is 0 Å². The average Bonchev–Trinajstić information content (AvgIpc) is 2.17. The third kappa shape index (κ3) is 2.24. The largest absolute Gasteiger partial charge is 0.394 e. The normalized spacial score (nSPS) is 11.5. The number of hydrogen-bond acceptors (Lipinski definition) is 5. The first-order valence-corrected chi connectivity index (χ1v) is 4.42. The van der Waals surface area contributed by atoms with E-state index in [-0.39, 0.29) is 12.4 Å². The zero-order valence-electron chi connectivity index (χ0n) is 8.87. The minimum atomic E-state index is -0.654. The van der Waals surface area contributed by atoms with E-state index in [1.165, 1.54) is 4.90 Å². The number of aromatic nitrogens is 3. The van der Waals surface area contributed by atoms with Crippen LogP contribution < -0.4 is 16.1 Å². The smallest absolute Gasteiger partial charge is 0.342 e. The second-order valence-electron chi connectivity index (χ2n) is 3.86. The molecule has 0 aliphatic rings. The van der Waals surface area contributed by atoms with Crippen LogP contribution in [0.1, 0.15) is 13.8 Å². The van der Waals surface area contributed by atoms with Gasteiger partial charge < -0.3 is 10.0 Å². The summed E-state index contributed by atoms with van der Waals surface area (Å²) in [6.07, 6.45) is 0. The third-order valence-corrected chi connectivity index (χ3v) is 2.31. The summed E-state index contributed by atoms with van der Waals surface area (Å²) in [5.41, 5.74) is -1.86. The number of aromatic amines is 2. The van der Waals surface area contributed by atoms with Gasteiger partial charge in [0, 0.05) is 7.05 Å². The molecule has 7 heteroatoms. The first kappa shape index (κ1) is 11.4. The van der Waals surface area contributed by atoms with E-state index in [1.54, 1.807) is 20.9 Å². The second kappa shape index (κ2) is 3.85. The van der Waals surface area contributed by atoms with Gasteiger partial charge in [-0.3, -0.25) is 9.78 Å². The average molecular weight is 214 g/mol. The molecule has 0 bridgehead atoms. The number of hydrogen-bond donors (Lipinski definition) is 3. The molecule has 7 nitrogen and oxygen atoms in total. The van der Waals surface area contributed by atoms with Crippen LogP contribution in [0.15, 0.2) is 9.59 Å². The molecule has 84 valence electrons. The zero-order valence-corrected chi connectivity index (χ0v) is 8.87. The van der Waals surface area contributed by atoms with Gasteiger partial charge in [0.15, 0.2) is 0 Å². The van der Waals surface area contributed by atoms with Gasteiger partial charge in [0.25, 0.3) is 5.56 Å². The van der Waals surface area contributed by atoms with Crippen molar-refractivity contribution in [1.82, 2.24) is 15.2 Å². The quantitative estimate of drug-likeness (QED) is 0.578. The minimum absolute atomic E-state index is 0.0636. The van der Waals surface area contributed by atoms with Crippen LogP contribution >= 0.6 is 0 Å². The van der Waals surface area contributed by atoms with E-state index in [4.69, 9.17) is 5.11 Å². The van der Waals surface area contributed by atoms with Crippen molar-refractivity contribution in [3.8, 4) is 0 Å². The lowest BCUT2D eigenvalue weighted by Crippen LogP contribution is -2.48. The molecule has 1 aromatic heterocycles. The number of nitrogens with one attached hydrogen (secondary N) is 2. The number of anilines is 1.